The molecule has 0 saturated heterocycles. The Balaban J connectivity index is 1.77. The minimum absolute atomic E-state index is 0.117. The van der Waals surface area contributed by atoms with E-state index in [4.69, 9.17) is 16.9 Å². The Kier molecular flexibility index (Phi) is 7.41. The number of imide groups is 1. The van der Waals surface area contributed by atoms with E-state index in [-0.39, 0.29) is 11.4 Å². The van der Waals surface area contributed by atoms with Crippen LogP contribution in [0.25, 0.3) is 10.8 Å². The van der Waals surface area contributed by atoms with E-state index in [1.807, 2.05) is 60.7 Å². The van der Waals surface area contributed by atoms with Crippen molar-refractivity contribution in [3.05, 3.63) is 108 Å². The molecule has 0 saturated carbocycles. The van der Waals surface area contributed by atoms with Gasteiger partial charge in [0.2, 0.25) is 5.91 Å². The molecule has 5 N–H and O–H groups in total. The van der Waals surface area contributed by atoms with Crippen molar-refractivity contribution in [2.75, 3.05) is 11.4 Å². The van der Waals surface area contributed by atoms with Crippen molar-refractivity contribution in [1.29, 1.82) is 5.41 Å². The van der Waals surface area contributed by atoms with Gasteiger partial charge >= 0.3 is 0 Å². The Bertz CT molecular complexity index is 1490. The molecule has 1 atom stereocenters. The van der Waals surface area contributed by atoms with Gasteiger partial charge in [0.25, 0.3) is 11.8 Å². The lowest BCUT2D eigenvalue weighted by molar-refractivity contribution is -0.134. The van der Waals surface area contributed by atoms with E-state index in [0.717, 1.165) is 15.7 Å². The molecule has 0 bridgehead atoms. The lowest BCUT2D eigenvalue weighted by atomic mass is 10.1. The Labute approximate surface area is 214 Å². The molecule has 0 aliphatic carbocycles. The number of rotatable bonds is 7. The Morgan fingerprint density at radius 3 is 2.11 bits per heavy atom. The lowest BCUT2D eigenvalue weighted by Crippen LogP contribution is -2.52. The summed E-state index contributed by atoms with van der Waals surface area (Å²) >= 11 is 0. The van der Waals surface area contributed by atoms with Crippen LogP contribution in [0.5, 0.6) is 0 Å². The summed E-state index contributed by atoms with van der Waals surface area (Å²) in [6.45, 7) is 1.04. The van der Waals surface area contributed by atoms with Gasteiger partial charge in [0.05, 0.1) is 6.54 Å². The Morgan fingerprint density at radius 2 is 1.43 bits per heavy atom. The molecule has 4 aromatic carbocycles. The van der Waals surface area contributed by atoms with Crippen LogP contribution in [0.1, 0.15) is 22.8 Å². The average Bonchev–Trinajstić information content (AvgIpc) is 2.93. The van der Waals surface area contributed by atoms with Crippen LogP contribution in [0.15, 0.2) is 97.1 Å². The van der Waals surface area contributed by atoms with E-state index in [9.17, 15) is 14.4 Å². The summed E-state index contributed by atoms with van der Waals surface area (Å²) in [5.41, 5.74) is 12.8. The highest BCUT2D eigenvalue weighted by Gasteiger charge is 2.35. The van der Waals surface area contributed by atoms with Crippen LogP contribution in [0.2, 0.25) is 0 Å². The van der Waals surface area contributed by atoms with E-state index < -0.39 is 30.3 Å². The van der Waals surface area contributed by atoms with Crippen LogP contribution >= 0.6 is 0 Å². The average molecular weight is 494 g/mol. The lowest BCUT2D eigenvalue weighted by Gasteiger charge is -2.32. The van der Waals surface area contributed by atoms with Crippen molar-refractivity contribution >= 4 is 45.7 Å². The summed E-state index contributed by atoms with van der Waals surface area (Å²) in [6.07, 6.45) is 0. The van der Waals surface area contributed by atoms with Gasteiger partial charge in [-0.15, -0.1) is 0 Å². The fourth-order valence-electron chi connectivity index (χ4n) is 4.16. The molecular weight excluding hydrogens is 466 g/mol. The first-order chi connectivity index (χ1) is 17.8. The molecule has 37 heavy (non-hydrogen) atoms. The van der Waals surface area contributed by atoms with Crippen LogP contribution in [0.3, 0.4) is 0 Å². The highest BCUT2D eigenvalue weighted by Crippen LogP contribution is 2.30. The fraction of sp³-hybridized carbons (Fsp3) is 0.103. The number of nitrogens with two attached hydrogens (primary N) is 2. The molecule has 0 unspecified atom stereocenters. The van der Waals surface area contributed by atoms with Crippen molar-refractivity contribution in [1.82, 2.24) is 4.90 Å². The Hall–Kier alpha value is -4.82. The Morgan fingerprint density at radius 1 is 0.784 bits per heavy atom. The van der Waals surface area contributed by atoms with Crippen LogP contribution < -0.4 is 16.4 Å². The number of para-hydroxylation sites is 1. The molecule has 3 amide bonds. The molecule has 8 nitrogen and oxygen atoms in total. The molecule has 0 heterocycles. The molecule has 0 fully saturated rings. The predicted molar refractivity (Wildman–Crippen MR) is 145 cm³/mol. The van der Waals surface area contributed by atoms with Crippen molar-refractivity contribution in [3.63, 3.8) is 0 Å². The van der Waals surface area contributed by atoms with Gasteiger partial charge in [0.15, 0.2) is 0 Å². The van der Waals surface area contributed by atoms with Gasteiger partial charge in [0, 0.05) is 22.5 Å². The minimum Gasteiger partial charge on any atom is -0.384 e. The second-order valence-electron chi connectivity index (χ2n) is 8.48. The number of benzene rings is 4. The van der Waals surface area contributed by atoms with Crippen molar-refractivity contribution in [3.8, 4) is 0 Å². The number of carbonyl (C=O) groups is 3. The first-order valence-corrected chi connectivity index (χ1v) is 11.7. The summed E-state index contributed by atoms with van der Waals surface area (Å²) in [7, 11) is 0. The van der Waals surface area contributed by atoms with Gasteiger partial charge < -0.3 is 11.5 Å². The van der Waals surface area contributed by atoms with E-state index in [1.54, 1.807) is 24.3 Å². The maximum atomic E-state index is 14.0. The summed E-state index contributed by atoms with van der Waals surface area (Å²) in [5.74, 6) is -2.11. The molecule has 4 rings (SSSR count). The monoisotopic (exact) mass is 493 g/mol. The maximum Gasteiger partial charge on any atom is 0.261 e. The number of nitrogens with zero attached hydrogens (tertiary/aromatic N) is 2. The van der Waals surface area contributed by atoms with E-state index in [0.29, 0.717) is 16.9 Å². The van der Waals surface area contributed by atoms with Gasteiger partial charge in [-0.3, -0.25) is 29.6 Å². The molecule has 8 heteroatoms. The van der Waals surface area contributed by atoms with Gasteiger partial charge in [-0.25, -0.2) is 0 Å². The molecule has 0 radical (unpaired) electrons. The number of carbonyl (C=O) groups excluding carboxylic acids is 3. The second kappa shape index (κ2) is 10.8. The summed E-state index contributed by atoms with van der Waals surface area (Å²) in [5, 5.41) is 9.62. The van der Waals surface area contributed by atoms with Crippen LogP contribution in [0.4, 0.5) is 11.4 Å². The van der Waals surface area contributed by atoms with E-state index in [2.05, 4.69) is 0 Å². The first-order valence-electron chi connectivity index (χ1n) is 11.7. The van der Waals surface area contributed by atoms with E-state index >= 15 is 0 Å². The molecule has 0 aromatic heterocycles. The highest BCUT2D eigenvalue weighted by atomic mass is 16.2. The maximum absolute atomic E-state index is 14.0. The van der Waals surface area contributed by atoms with Crippen molar-refractivity contribution in [2.24, 2.45) is 11.5 Å². The van der Waals surface area contributed by atoms with Gasteiger partial charge in [0.1, 0.15) is 11.9 Å². The molecule has 0 spiro atoms. The van der Waals surface area contributed by atoms with Crippen LogP contribution in [0, 0.1) is 5.41 Å². The zero-order valence-electron chi connectivity index (χ0n) is 20.3. The third-order valence-corrected chi connectivity index (χ3v) is 6.05. The SMILES string of the molecule is C[C@@H](C(=O)N(c1ccccc1)c1ccc2ccccc2c1)N(C(=O)CN)C(=O)c1cccc(C(=N)N)c1. The summed E-state index contributed by atoms with van der Waals surface area (Å²) in [4.78, 5) is 42.8. The number of fused-ring (bicyclic) bond motifs is 1. The number of hydrogen-bond donors (Lipinski definition) is 3. The second-order valence-corrected chi connectivity index (χ2v) is 8.48. The first kappa shape index (κ1) is 25.3. The van der Waals surface area contributed by atoms with Gasteiger partial charge in [-0.05, 0) is 54.1 Å². The number of nitrogens with one attached hydrogen (secondary N) is 1. The van der Waals surface area contributed by atoms with Crippen LogP contribution in [-0.2, 0) is 9.59 Å². The number of nitrogen functional groups attached to an aromatic ring is 1. The molecule has 0 aliphatic rings. The minimum atomic E-state index is -1.18. The molecule has 186 valence electrons. The predicted octanol–water partition coefficient (Wildman–Crippen LogP) is 3.80. The highest BCUT2D eigenvalue weighted by molar-refractivity contribution is 6.12. The third kappa shape index (κ3) is 5.24. The zero-order valence-corrected chi connectivity index (χ0v) is 20.3. The zero-order chi connectivity index (χ0) is 26.5. The van der Waals surface area contributed by atoms with E-state index in [1.165, 1.54) is 24.0 Å². The summed E-state index contributed by atoms with van der Waals surface area (Å²) < 4.78 is 0. The number of amidine groups is 1. The normalized spacial score (nSPS) is 11.5. The van der Waals surface area contributed by atoms with Crippen molar-refractivity contribution in [2.45, 2.75) is 13.0 Å². The summed E-state index contributed by atoms with van der Waals surface area (Å²) in [6, 6.07) is 27.3. The van der Waals surface area contributed by atoms with Crippen molar-refractivity contribution < 1.29 is 14.4 Å². The standard InChI is InChI=1S/C29H27N5O3/c1-19(33(26(35)18-30)29(37)23-11-7-10-22(16-23)27(31)32)28(36)34(24-12-3-2-4-13-24)25-15-14-20-8-5-6-9-21(20)17-25/h2-17,19H,18,30H2,1H3,(H3,31,32)/t19-/m0/s1. The molecule has 4 aromatic rings. The van der Waals surface area contributed by atoms with Gasteiger partial charge in [-0.2, -0.15) is 0 Å². The largest absolute Gasteiger partial charge is 0.384 e. The van der Waals surface area contributed by atoms with Crippen LogP contribution in [-0.4, -0.2) is 41.0 Å². The number of amides is 3. The number of anilines is 2. The third-order valence-electron chi connectivity index (χ3n) is 6.05. The molecular formula is C29H27N5O3. The quantitative estimate of drug-likeness (QED) is 0.266. The molecule has 0 aliphatic heterocycles. The fourth-order valence-corrected chi connectivity index (χ4v) is 4.16. The topological polar surface area (TPSA) is 134 Å². The smallest absolute Gasteiger partial charge is 0.261 e. The van der Waals surface area contributed by atoms with Gasteiger partial charge in [-0.1, -0.05) is 60.7 Å². The number of hydrogen-bond acceptors (Lipinski definition) is 5.